The lowest BCUT2D eigenvalue weighted by molar-refractivity contribution is -0.115. The number of benzene rings is 2. The molecule has 0 aliphatic heterocycles. The predicted molar refractivity (Wildman–Crippen MR) is 118 cm³/mol. The molecule has 0 radical (unpaired) electrons. The van der Waals surface area contributed by atoms with E-state index >= 15 is 0 Å². The number of aryl methyl sites for hydroxylation is 4. The van der Waals surface area contributed by atoms with Crippen LogP contribution >= 0.6 is 0 Å². The summed E-state index contributed by atoms with van der Waals surface area (Å²) < 4.78 is 30.2. The number of hydrogen-bond donors (Lipinski definition) is 2. The van der Waals surface area contributed by atoms with Crippen molar-refractivity contribution in [3.63, 3.8) is 0 Å². The summed E-state index contributed by atoms with van der Waals surface area (Å²) in [5, 5.41) is 7.12. The van der Waals surface area contributed by atoms with Gasteiger partial charge in [0.1, 0.15) is 0 Å². The molecule has 3 aromatic rings. The number of anilines is 2. The van der Waals surface area contributed by atoms with Gasteiger partial charge < -0.3 is 5.32 Å². The van der Waals surface area contributed by atoms with Gasteiger partial charge in [-0.2, -0.15) is 5.10 Å². The Morgan fingerprint density at radius 3 is 2.40 bits per heavy atom. The van der Waals surface area contributed by atoms with E-state index in [4.69, 9.17) is 0 Å². The number of rotatable bonds is 6. The van der Waals surface area contributed by atoms with E-state index in [0.29, 0.717) is 16.9 Å². The zero-order valence-corrected chi connectivity index (χ0v) is 18.6. The van der Waals surface area contributed by atoms with Gasteiger partial charge in [-0.25, -0.2) is 8.42 Å². The molecule has 0 bridgehead atoms. The van der Waals surface area contributed by atoms with Crippen molar-refractivity contribution in [2.24, 2.45) is 7.05 Å². The predicted octanol–water partition coefficient (Wildman–Crippen LogP) is 3.64. The monoisotopic (exact) mass is 426 g/mol. The normalized spacial score (nSPS) is 11.4. The fourth-order valence-electron chi connectivity index (χ4n) is 3.33. The third-order valence-electron chi connectivity index (χ3n) is 5.03. The smallest absolute Gasteiger partial charge is 0.262 e. The molecule has 0 aliphatic rings. The van der Waals surface area contributed by atoms with Gasteiger partial charge in [-0.15, -0.1) is 0 Å². The van der Waals surface area contributed by atoms with Crippen molar-refractivity contribution in [1.82, 2.24) is 9.78 Å². The van der Waals surface area contributed by atoms with Crippen molar-refractivity contribution in [3.05, 3.63) is 70.5 Å². The quantitative estimate of drug-likeness (QED) is 0.629. The summed E-state index contributed by atoms with van der Waals surface area (Å²) in [5.74, 6) is -0.229. The summed E-state index contributed by atoms with van der Waals surface area (Å²) in [6.07, 6.45) is 0.170. The minimum absolute atomic E-state index is 0.121. The van der Waals surface area contributed by atoms with Crippen LogP contribution < -0.4 is 10.0 Å². The van der Waals surface area contributed by atoms with E-state index in [1.807, 2.05) is 33.9 Å². The molecule has 8 heteroatoms. The Balaban J connectivity index is 1.81. The number of amides is 1. The Bertz CT molecular complexity index is 1210. The first-order chi connectivity index (χ1) is 14.1. The van der Waals surface area contributed by atoms with Crippen LogP contribution in [0.15, 0.2) is 47.4 Å². The van der Waals surface area contributed by atoms with Crippen LogP contribution in [0.4, 0.5) is 11.4 Å². The zero-order chi connectivity index (χ0) is 22.1. The van der Waals surface area contributed by atoms with Gasteiger partial charge in [0.05, 0.1) is 17.0 Å². The van der Waals surface area contributed by atoms with Crippen molar-refractivity contribution in [2.75, 3.05) is 10.0 Å². The molecule has 0 unspecified atom stereocenters. The lowest BCUT2D eigenvalue weighted by Crippen LogP contribution is -2.17. The minimum atomic E-state index is -3.80. The summed E-state index contributed by atoms with van der Waals surface area (Å²) in [6, 6.07) is 12.0. The number of aromatic nitrogens is 2. The molecular weight excluding hydrogens is 400 g/mol. The zero-order valence-electron chi connectivity index (χ0n) is 17.8. The fraction of sp³-hybridized carbons (Fsp3) is 0.273. The molecule has 1 aromatic heterocycles. The Kier molecular flexibility index (Phi) is 5.98. The van der Waals surface area contributed by atoms with Crippen LogP contribution in [0.1, 0.15) is 28.1 Å². The maximum atomic E-state index is 12.9. The van der Waals surface area contributed by atoms with Crippen molar-refractivity contribution >= 4 is 27.3 Å². The van der Waals surface area contributed by atoms with Gasteiger partial charge >= 0.3 is 0 Å². The maximum Gasteiger partial charge on any atom is 0.262 e. The van der Waals surface area contributed by atoms with Crippen LogP contribution in [-0.4, -0.2) is 24.1 Å². The highest BCUT2D eigenvalue weighted by atomic mass is 32.2. The molecule has 7 nitrogen and oxygen atoms in total. The molecule has 158 valence electrons. The molecule has 0 saturated carbocycles. The Hall–Kier alpha value is -3.13. The summed E-state index contributed by atoms with van der Waals surface area (Å²) in [7, 11) is -1.97. The van der Waals surface area contributed by atoms with E-state index in [-0.39, 0.29) is 17.2 Å². The van der Waals surface area contributed by atoms with Crippen molar-refractivity contribution in [1.29, 1.82) is 0 Å². The van der Waals surface area contributed by atoms with Crippen LogP contribution in [0.5, 0.6) is 0 Å². The SMILES string of the molecule is Cc1cccc(NS(=O)(=O)c2cc(NC(=O)Cc3c(C)nn(C)c3C)ccc2C)c1. The van der Waals surface area contributed by atoms with Crippen LogP contribution in [0, 0.1) is 27.7 Å². The molecule has 3 rings (SSSR count). The van der Waals surface area contributed by atoms with Gasteiger partial charge in [0, 0.05) is 29.7 Å². The highest BCUT2D eigenvalue weighted by Gasteiger charge is 2.19. The molecule has 2 N–H and O–H groups in total. The molecule has 0 fully saturated rings. The number of carbonyl (C=O) groups is 1. The Morgan fingerprint density at radius 1 is 1.03 bits per heavy atom. The number of hydrogen-bond acceptors (Lipinski definition) is 4. The summed E-state index contributed by atoms with van der Waals surface area (Å²) in [6.45, 7) is 7.39. The van der Waals surface area contributed by atoms with Gasteiger partial charge in [-0.1, -0.05) is 18.2 Å². The third kappa shape index (κ3) is 4.71. The topological polar surface area (TPSA) is 93.1 Å². The first-order valence-electron chi connectivity index (χ1n) is 9.56. The second-order valence-electron chi connectivity index (χ2n) is 7.45. The van der Waals surface area contributed by atoms with Gasteiger partial charge in [0.25, 0.3) is 10.0 Å². The van der Waals surface area contributed by atoms with Crippen LogP contribution in [0.3, 0.4) is 0 Å². The molecule has 0 aliphatic carbocycles. The van der Waals surface area contributed by atoms with E-state index in [1.54, 1.807) is 41.9 Å². The lowest BCUT2D eigenvalue weighted by atomic mass is 10.1. The van der Waals surface area contributed by atoms with Gasteiger partial charge in [-0.05, 0) is 63.1 Å². The Morgan fingerprint density at radius 2 is 1.77 bits per heavy atom. The average molecular weight is 427 g/mol. The van der Waals surface area contributed by atoms with Gasteiger partial charge in [-0.3, -0.25) is 14.2 Å². The van der Waals surface area contributed by atoms with Crippen LogP contribution in [-0.2, 0) is 28.3 Å². The molecule has 0 saturated heterocycles. The third-order valence-corrected chi connectivity index (χ3v) is 6.55. The molecule has 1 amide bonds. The first kappa shape index (κ1) is 21.6. The Labute approximate surface area is 177 Å². The highest BCUT2D eigenvalue weighted by Crippen LogP contribution is 2.24. The molecule has 2 aromatic carbocycles. The molecule has 30 heavy (non-hydrogen) atoms. The standard InChI is InChI=1S/C22H26N4O3S/c1-14-7-6-8-19(11-14)25-30(28,29)21-12-18(10-9-15(21)2)23-22(27)13-20-16(3)24-26(5)17(20)4/h6-12,25H,13H2,1-5H3,(H,23,27). The molecule has 1 heterocycles. The van der Waals surface area contributed by atoms with Gasteiger partial charge in [0.15, 0.2) is 0 Å². The molecule has 0 atom stereocenters. The summed E-state index contributed by atoms with van der Waals surface area (Å²) in [5.41, 5.74) is 5.06. The number of sulfonamides is 1. The number of carbonyl (C=O) groups excluding carboxylic acids is 1. The van der Waals surface area contributed by atoms with E-state index in [2.05, 4.69) is 15.1 Å². The highest BCUT2D eigenvalue weighted by molar-refractivity contribution is 7.92. The second kappa shape index (κ2) is 8.31. The second-order valence-corrected chi connectivity index (χ2v) is 9.10. The summed E-state index contributed by atoms with van der Waals surface area (Å²) >= 11 is 0. The van der Waals surface area contributed by atoms with Crippen molar-refractivity contribution in [3.8, 4) is 0 Å². The van der Waals surface area contributed by atoms with Crippen LogP contribution in [0.25, 0.3) is 0 Å². The minimum Gasteiger partial charge on any atom is -0.326 e. The molecular formula is C22H26N4O3S. The van der Waals surface area contributed by atoms with Crippen molar-refractivity contribution < 1.29 is 13.2 Å². The van der Waals surface area contributed by atoms with Crippen molar-refractivity contribution in [2.45, 2.75) is 39.0 Å². The van der Waals surface area contributed by atoms with Crippen LogP contribution in [0.2, 0.25) is 0 Å². The molecule has 0 spiro atoms. The first-order valence-corrected chi connectivity index (χ1v) is 11.0. The van der Waals surface area contributed by atoms with Gasteiger partial charge in [0.2, 0.25) is 5.91 Å². The van der Waals surface area contributed by atoms with E-state index in [1.165, 1.54) is 6.07 Å². The number of nitrogens with one attached hydrogen (secondary N) is 2. The van der Waals surface area contributed by atoms with E-state index in [9.17, 15) is 13.2 Å². The lowest BCUT2D eigenvalue weighted by Gasteiger charge is -2.13. The van der Waals surface area contributed by atoms with E-state index in [0.717, 1.165) is 22.5 Å². The average Bonchev–Trinajstić information content (AvgIpc) is 2.89. The fourth-order valence-corrected chi connectivity index (χ4v) is 4.65. The number of nitrogens with zero attached hydrogens (tertiary/aromatic N) is 2. The maximum absolute atomic E-state index is 12.9. The van der Waals surface area contributed by atoms with E-state index < -0.39 is 10.0 Å². The largest absolute Gasteiger partial charge is 0.326 e. The summed E-state index contributed by atoms with van der Waals surface area (Å²) in [4.78, 5) is 12.7.